The van der Waals surface area contributed by atoms with Crippen LogP contribution in [0.1, 0.15) is 19.4 Å². The third-order valence-corrected chi connectivity index (χ3v) is 5.76. The number of hydrogen-bond donors (Lipinski definition) is 1. The molecule has 0 aromatic heterocycles. The summed E-state index contributed by atoms with van der Waals surface area (Å²) in [6.45, 7) is 7.16. The van der Waals surface area contributed by atoms with Crippen LogP contribution in [0.4, 0.5) is 0 Å². The topological polar surface area (TPSA) is 61.9 Å². The standard InChI is InChI=1S/C16H27N3O3S/c1-14(2)17-23(20,21)19-12-10-18(11-13-19)9-8-15-6-4-5-7-16(15)22-3/h4-7,14,17H,8-13H2,1-3H3. The predicted octanol–water partition coefficient (Wildman–Crippen LogP) is 1.10. The fraction of sp³-hybridized carbons (Fsp3) is 0.625. The molecule has 0 amide bonds. The minimum Gasteiger partial charge on any atom is -0.496 e. The summed E-state index contributed by atoms with van der Waals surface area (Å²) < 4.78 is 33.8. The molecule has 1 aromatic rings. The average molecular weight is 341 g/mol. The Labute approximate surface area is 139 Å². The summed E-state index contributed by atoms with van der Waals surface area (Å²) in [5.74, 6) is 0.912. The Kier molecular flexibility index (Phi) is 6.41. The van der Waals surface area contributed by atoms with E-state index in [1.807, 2.05) is 32.0 Å². The van der Waals surface area contributed by atoms with Crippen LogP contribution in [0.5, 0.6) is 5.75 Å². The highest BCUT2D eigenvalue weighted by atomic mass is 32.2. The zero-order valence-corrected chi connectivity index (χ0v) is 15.0. The minimum absolute atomic E-state index is 0.0800. The normalized spacial score (nSPS) is 17.6. The van der Waals surface area contributed by atoms with Crippen LogP contribution in [0, 0.1) is 0 Å². The van der Waals surface area contributed by atoms with Crippen molar-refractivity contribution in [2.24, 2.45) is 0 Å². The van der Waals surface area contributed by atoms with Crippen molar-refractivity contribution < 1.29 is 13.2 Å². The van der Waals surface area contributed by atoms with Crippen molar-refractivity contribution in [2.75, 3.05) is 39.8 Å². The number of nitrogens with zero attached hydrogens (tertiary/aromatic N) is 2. The molecule has 130 valence electrons. The zero-order valence-electron chi connectivity index (χ0n) is 14.2. The van der Waals surface area contributed by atoms with Gasteiger partial charge in [0.05, 0.1) is 7.11 Å². The molecule has 0 spiro atoms. The first-order valence-corrected chi connectivity index (χ1v) is 9.48. The van der Waals surface area contributed by atoms with Gasteiger partial charge in [-0.2, -0.15) is 17.4 Å². The second-order valence-corrected chi connectivity index (χ2v) is 7.78. The van der Waals surface area contributed by atoms with Crippen molar-refractivity contribution >= 4 is 10.2 Å². The Morgan fingerprint density at radius 3 is 2.43 bits per heavy atom. The van der Waals surface area contributed by atoms with Crippen molar-refractivity contribution in [3.8, 4) is 5.75 Å². The third-order valence-electron chi connectivity index (χ3n) is 3.95. The summed E-state index contributed by atoms with van der Waals surface area (Å²) in [6.07, 6.45) is 0.904. The maximum Gasteiger partial charge on any atom is 0.279 e. The zero-order chi connectivity index (χ0) is 16.9. The fourth-order valence-electron chi connectivity index (χ4n) is 2.75. The smallest absolute Gasteiger partial charge is 0.279 e. The molecule has 1 aliphatic rings. The van der Waals surface area contributed by atoms with Gasteiger partial charge in [0.25, 0.3) is 10.2 Å². The fourth-order valence-corrected chi connectivity index (χ4v) is 4.14. The van der Waals surface area contributed by atoms with E-state index in [0.29, 0.717) is 13.1 Å². The number of benzene rings is 1. The SMILES string of the molecule is COc1ccccc1CCN1CCN(S(=O)(=O)NC(C)C)CC1. The first kappa shape index (κ1) is 18.2. The van der Waals surface area contributed by atoms with E-state index in [0.717, 1.165) is 31.8 Å². The van der Waals surface area contributed by atoms with Crippen LogP contribution in [-0.4, -0.2) is 63.5 Å². The van der Waals surface area contributed by atoms with Gasteiger partial charge >= 0.3 is 0 Å². The van der Waals surface area contributed by atoms with Gasteiger partial charge in [-0.3, -0.25) is 0 Å². The van der Waals surface area contributed by atoms with Gasteiger partial charge in [0.1, 0.15) is 5.75 Å². The third kappa shape index (κ3) is 5.17. The molecule has 1 saturated heterocycles. The second-order valence-electron chi connectivity index (χ2n) is 6.08. The minimum atomic E-state index is -3.35. The number of para-hydroxylation sites is 1. The van der Waals surface area contributed by atoms with Gasteiger partial charge in [-0.25, -0.2) is 0 Å². The predicted molar refractivity (Wildman–Crippen MR) is 91.9 cm³/mol. The molecule has 0 bridgehead atoms. The number of ether oxygens (including phenoxy) is 1. The second kappa shape index (κ2) is 8.10. The summed E-state index contributed by atoms with van der Waals surface area (Å²) in [5, 5.41) is 0. The summed E-state index contributed by atoms with van der Waals surface area (Å²) in [4.78, 5) is 2.30. The van der Waals surface area contributed by atoms with Crippen LogP contribution in [0.2, 0.25) is 0 Å². The molecule has 1 fully saturated rings. The van der Waals surface area contributed by atoms with E-state index < -0.39 is 10.2 Å². The maximum absolute atomic E-state index is 12.1. The molecule has 7 heteroatoms. The van der Waals surface area contributed by atoms with Gasteiger partial charge in [-0.1, -0.05) is 18.2 Å². The van der Waals surface area contributed by atoms with Gasteiger partial charge in [-0.05, 0) is 31.9 Å². The van der Waals surface area contributed by atoms with Crippen molar-refractivity contribution in [3.63, 3.8) is 0 Å². The largest absolute Gasteiger partial charge is 0.496 e. The molecule has 23 heavy (non-hydrogen) atoms. The van der Waals surface area contributed by atoms with Gasteiger partial charge < -0.3 is 9.64 Å². The molecule has 1 aliphatic heterocycles. The first-order chi connectivity index (χ1) is 10.9. The van der Waals surface area contributed by atoms with Crippen molar-refractivity contribution in [2.45, 2.75) is 26.3 Å². The Balaban J connectivity index is 1.83. The van der Waals surface area contributed by atoms with Crippen LogP contribution in [-0.2, 0) is 16.6 Å². The molecule has 6 nitrogen and oxygen atoms in total. The summed E-state index contributed by atoms with van der Waals surface area (Å²) in [5.41, 5.74) is 1.19. The summed E-state index contributed by atoms with van der Waals surface area (Å²) in [7, 11) is -1.66. The van der Waals surface area contributed by atoms with E-state index in [9.17, 15) is 8.42 Å². The highest BCUT2D eigenvalue weighted by Crippen LogP contribution is 2.18. The van der Waals surface area contributed by atoms with Gasteiger partial charge in [0, 0.05) is 38.8 Å². The van der Waals surface area contributed by atoms with Gasteiger partial charge in [0.15, 0.2) is 0 Å². The first-order valence-electron chi connectivity index (χ1n) is 8.04. The summed E-state index contributed by atoms with van der Waals surface area (Å²) in [6, 6.07) is 7.94. The molecular weight excluding hydrogens is 314 g/mol. The van der Waals surface area contributed by atoms with E-state index >= 15 is 0 Å². The number of piperazine rings is 1. The lowest BCUT2D eigenvalue weighted by Gasteiger charge is -2.34. The van der Waals surface area contributed by atoms with E-state index in [1.54, 1.807) is 7.11 Å². The molecule has 0 saturated carbocycles. The molecule has 0 aliphatic carbocycles. The number of methoxy groups -OCH3 is 1. The lowest BCUT2D eigenvalue weighted by molar-refractivity contribution is 0.188. The van der Waals surface area contributed by atoms with Crippen LogP contribution in [0.15, 0.2) is 24.3 Å². The van der Waals surface area contributed by atoms with Gasteiger partial charge in [0.2, 0.25) is 0 Å². The lowest BCUT2D eigenvalue weighted by Crippen LogP contribution is -2.53. The van der Waals surface area contributed by atoms with E-state index in [4.69, 9.17) is 4.74 Å². The Hall–Kier alpha value is -1.15. The van der Waals surface area contributed by atoms with Crippen LogP contribution in [0.3, 0.4) is 0 Å². The number of hydrogen-bond acceptors (Lipinski definition) is 4. The van der Waals surface area contributed by atoms with E-state index in [1.165, 1.54) is 9.87 Å². The van der Waals surface area contributed by atoms with Gasteiger partial charge in [-0.15, -0.1) is 0 Å². The molecule has 0 unspecified atom stereocenters. The molecule has 1 aromatic carbocycles. The number of rotatable bonds is 7. The summed E-state index contributed by atoms with van der Waals surface area (Å²) >= 11 is 0. The molecule has 0 atom stereocenters. The highest BCUT2D eigenvalue weighted by Gasteiger charge is 2.27. The maximum atomic E-state index is 12.1. The molecule has 1 N–H and O–H groups in total. The average Bonchev–Trinajstić information content (AvgIpc) is 2.52. The number of nitrogens with one attached hydrogen (secondary N) is 1. The Morgan fingerprint density at radius 1 is 1.17 bits per heavy atom. The quantitative estimate of drug-likeness (QED) is 0.807. The molecular formula is C16H27N3O3S. The Morgan fingerprint density at radius 2 is 1.83 bits per heavy atom. The van der Waals surface area contributed by atoms with Crippen molar-refractivity contribution in [1.29, 1.82) is 0 Å². The molecule has 0 radical (unpaired) electrons. The van der Waals surface area contributed by atoms with Crippen LogP contribution in [0.25, 0.3) is 0 Å². The van der Waals surface area contributed by atoms with Crippen LogP contribution >= 0.6 is 0 Å². The molecule has 1 heterocycles. The highest BCUT2D eigenvalue weighted by molar-refractivity contribution is 7.87. The van der Waals surface area contributed by atoms with E-state index in [-0.39, 0.29) is 6.04 Å². The Bertz CT molecular complexity index is 596. The lowest BCUT2D eigenvalue weighted by atomic mass is 10.1. The van der Waals surface area contributed by atoms with Crippen molar-refractivity contribution in [1.82, 2.24) is 13.9 Å². The van der Waals surface area contributed by atoms with E-state index in [2.05, 4.69) is 15.7 Å². The monoisotopic (exact) mass is 341 g/mol. The molecule has 2 rings (SSSR count). The van der Waals surface area contributed by atoms with Crippen LogP contribution < -0.4 is 9.46 Å². The van der Waals surface area contributed by atoms with Crippen molar-refractivity contribution in [3.05, 3.63) is 29.8 Å².